The minimum atomic E-state index is -1.41. The average molecular weight is 991 g/mol. The summed E-state index contributed by atoms with van der Waals surface area (Å²) in [5.41, 5.74) is -1.41. The Kier molecular flexibility index (Phi) is 21.8. The lowest BCUT2D eigenvalue weighted by molar-refractivity contribution is -0.168. The third-order valence-electron chi connectivity index (χ3n) is 12.7. The number of esters is 1. The zero-order valence-corrected chi connectivity index (χ0v) is 43.9. The van der Waals surface area contributed by atoms with Gasteiger partial charge in [-0.15, -0.1) is 0 Å². The number of unbranched alkanes of at least 4 members (excludes halogenated alkanes) is 1. The van der Waals surface area contributed by atoms with Crippen LogP contribution in [0.1, 0.15) is 138 Å². The van der Waals surface area contributed by atoms with Crippen molar-refractivity contribution >= 4 is 41.4 Å². The van der Waals surface area contributed by atoms with Crippen LogP contribution in [-0.2, 0) is 60.6 Å². The fraction of sp³-hybridized carbons (Fsp3) is 0.655. The third-order valence-corrected chi connectivity index (χ3v) is 12.7. The Morgan fingerprint density at radius 1 is 0.761 bits per heavy atom. The largest absolute Gasteiger partial charge is 0.481 e. The number of Topliss-reactive ketones (excluding diaryl/α,β-unsaturated/α-hetero) is 2. The van der Waals surface area contributed by atoms with Crippen LogP contribution in [0.4, 0.5) is 4.79 Å². The van der Waals surface area contributed by atoms with E-state index in [-0.39, 0.29) is 94.0 Å². The van der Waals surface area contributed by atoms with Gasteiger partial charge in [0.15, 0.2) is 17.4 Å². The number of aliphatic carboxylic acids is 1. The monoisotopic (exact) mass is 991 g/mol. The lowest BCUT2D eigenvalue weighted by Gasteiger charge is -2.40. The third kappa shape index (κ3) is 20.5. The fourth-order valence-electron chi connectivity index (χ4n) is 9.12. The number of nitrogens with zero attached hydrogens (tertiary/aromatic N) is 1. The van der Waals surface area contributed by atoms with Crippen LogP contribution in [0.5, 0.6) is 0 Å². The summed E-state index contributed by atoms with van der Waals surface area (Å²) in [6.45, 7) is 19.8. The van der Waals surface area contributed by atoms with Crippen molar-refractivity contribution in [3.63, 3.8) is 0 Å². The number of ketones is 2. The molecule has 0 unspecified atom stereocenters. The van der Waals surface area contributed by atoms with Gasteiger partial charge in [0, 0.05) is 44.3 Å². The number of nitrogens with one attached hydrogen (secondary N) is 3. The van der Waals surface area contributed by atoms with Crippen LogP contribution in [0.3, 0.4) is 0 Å². The van der Waals surface area contributed by atoms with Crippen LogP contribution < -0.4 is 16.0 Å². The minimum absolute atomic E-state index is 0.0364. The number of amides is 3. The zero-order valence-electron chi connectivity index (χ0n) is 43.9. The number of rotatable bonds is 26. The summed E-state index contributed by atoms with van der Waals surface area (Å²) in [6.07, 6.45) is 0.752. The number of carbonyl (C=O) groups excluding carboxylic acids is 6. The van der Waals surface area contributed by atoms with Crippen molar-refractivity contribution in [3.05, 3.63) is 71.8 Å². The summed E-state index contributed by atoms with van der Waals surface area (Å²) >= 11 is 0. The van der Waals surface area contributed by atoms with Crippen LogP contribution in [0.15, 0.2) is 60.7 Å². The highest BCUT2D eigenvalue weighted by Gasteiger charge is 2.46. The smallest absolute Gasteiger partial charge is 0.408 e. The van der Waals surface area contributed by atoms with Gasteiger partial charge in [-0.3, -0.25) is 28.8 Å². The van der Waals surface area contributed by atoms with E-state index in [2.05, 4.69) is 16.0 Å². The molecule has 16 heteroatoms. The molecule has 0 aliphatic carbocycles. The molecule has 0 radical (unpaired) electrons. The first kappa shape index (κ1) is 58.4. The molecule has 5 atom stereocenters. The van der Waals surface area contributed by atoms with Gasteiger partial charge < -0.3 is 44.9 Å². The van der Waals surface area contributed by atoms with E-state index in [1.165, 1.54) is 0 Å². The molecule has 0 spiro atoms. The molecule has 4 rings (SSSR count). The van der Waals surface area contributed by atoms with Crippen molar-refractivity contribution in [2.45, 2.75) is 175 Å². The van der Waals surface area contributed by atoms with Gasteiger partial charge in [0.1, 0.15) is 11.2 Å². The Labute approximate surface area is 421 Å². The van der Waals surface area contributed by atoms with Gasteiger partial charge in [0.05, 0.1) is 36.6 Å². The molecule has 4 N–H and O–H groups in total. The summed E-state index contributed by atoms with van der Waals surface area (Å²) in [4.78, 5) is 98.3. The summed E-state index contributed by atoms with van der Waals surface area (Å²) < 4.78 is 22.6. The molecule has 0 aromatic heterocycles. The van der Waals surface area contributed by atoms with Crippen LogP contribution in [0, 0.1) is 23.2 Å². The van der Waals surface area contributed by atoms with Crippen molar-refractivity contribution in [2.75, 3.05) is 32.8 Å². The number of ether oxygens (including phenoxy) is 4. The molecule has 0 bridgehead atoms. The van der Waals surface area contributed by atoms with Crippen molar-refractivity contribution in [2.24, 2.45) is 23.2 Å². The number of benzene rings is 2. The fourth-order valence-corrected chi connectivity index (χ4v) is 9.12. The maximum atomic E-state index is 14.6. The van der Waals surface area contributed by atoms with Crippen molar-refractivity contribution in [1.82, 2.24) is 20.9 Å². The van der Waals surface area contributed by atoms with E-state index in [1.807, 2.05) is 88.4 Å². The molecule has 2 fully saturated rings. The molecule has 2 aliphatic rings. The molecular weight excluding hydrogens is 909 g/mol. The Bertz CT molecular complexity index is 2070. The SMILES string of the molecule is CC(C)C[C@@H](NC(=O)[C@H](CC(=O)[C@@H](Cc1ccccc1)NC(=O)OC(C)(C)C)Cc1ccccc1)C(=O)C[C@H](CCCCNC[C@@H]1COC(C)(C)O1)C(=O)N1CCC(CC(=O)OC(C)(C)C)(C(=O)O)CC1. The first-order chi connectivity index (χ1) is 33.2. The Hall–Kier alpha value is -5.19. The molecule has 0 saturated carbocycles. The predicted molar refractivity (Wildman–Crippen MR) is 269 cm³/mol. The van der Waals surface area contributed by atoms with Crippen LogP contribution >= 0.6 is 0 Å². The Morgan fingerprint density at radius 2 is 1.32 bits per heavy atom. The number of alkyl carbamates (subject to hydrolysis) is 1. The molecule has 2 heterocycles. The first-order valence-electron chi connectivity index (χ1n) is 25.4. The molecule has 2 saturated heterocycles. The van der Waals surface area contributed by atoms with Crippen molar-refractivity contribution in [1.29, 1.82) is 0 Å². The first-order valence-corrected chi connectivity index (χ1v) is 25.4. The van der Waals surface area contributed by atoms with E-state index in [0.29, 0.717) is 39.0 Å². The Morgan fingerprint density at radius 3 is 1.86 bits per heavy atom. The standard InChI is InChI=1S/C55H82N4O12/c1-37(2)29-43(57-48(63)41(30-38-19-13-11-14-20-38)33-46(61)44(31-39-21-15-12-16-22-39)58-51(67)71-53(6,7)8)45(60)32-40(23-17-18-26-56-35-42-36-68-54(9,10)69-42)49(64)59-27-24-55(25-28-59,50(65)66)34-47(62)70-52(3,4)5/h11-16,19-22,37,40-44,56H,17-18,23-36H2,1-10H3,(H,57,63)(H,58,67)(H,65,66)/t40-,41-,42+,43+,44+/m0/s1. The zero-order chi connectivity index (χ0) is 52.6. The molecule has 394 valence electrons. The van der Waals surface area contributed by atoms with Gasteiger partial charge in [0.2, 0.25) is 11.8 Å². The van der Waals surface area contributed by atoms with E-state index in [1.54, 1.807) is 46.4 Å². The van der Waals surface area contributed by atoms with E-state index >= 15 is 0 Å². The van der Waals surface area contributed by atoms with Crippen LogP contribution in [-0.4, -0.2) is 119 Å². The molecule has 16 nitrogen and oxygen atoms in total. The normalized spacial score (nSPS) is 18.4. The van der Waals surface area contributed by atoms with E-state index in [9.17, 15) is 38.7 Å². The highest BCUT2D eigenvalue weighted by Crippen LogP contribution is 2.37. The maximum Gasteiger partial charge on any atom is 0.408 e. The van der Waals surface area contributed by atoms with Gasteiger partial charge in [-0.25, -0.2) is 4.79 Å². The van der Waals surface area contributed by atoms with Crippen LogP contribution in [0.25, 0.3) is 0 Å². The van der Waals surface area contributed by atoms with E-state index in [0.717, 1.165) is 11.1 Å². The number of carboxylic acids is 1. The highest BCUT2D eigenvalue weighted by molar-refractivity contribution is 5.95. The van der Waals surface area contributed by atoms with Gasteiger partial charge >= 0.3 is 18.0 Å². The summed E-state index contributed by atoms with van der Waals surface area (Å²) in [5.74, 6) is -5.62. The maximum absolute atomic E-state index is 14.6. The average Bonchev–Trinajstić information content (AvgIpc) is 3.63. The predicted octanol–water partition coefficient (Wildman–Crippen LogP) is 7.38. The lowest BCUT2D eigenvalue weighted by Crippen LogP contribution is -2.50. The summed E-state index contributed by atoms with van der Waals surface area (Å²) in [7, 11) is 0. The number of carbonyl (C=O) groups is 7. The summed E-state index contributed by atoms with van der Waals surface area (Å²) in [6, 6.07) is 16.5. The summed E-state index contributed by atoms with van der Waals surface area (Å²) in [5, 5.41) is 19.5. The molecule has 2 aromatic carbocycles. The topological polar surface area (TPSA) is 216 Å². The molecule has 2 aliphatic heterocycles. The van der Waals surface area contributed by atoms with Crippen LogP contribution in [0.2, 0.25) is 0 Å². The number of hydrogen-bond acceptors (Lipinski definition) is 12. The second-order valence-corrected chi connectivity index (χ2v) is 22.3. The number of hydrogen-bond donors (Lipinski definition) is 4. The van der Waals surface area contributed by atoms with E-state index in [4.69, 9.17) is 18.9 Å². The number of carboxylic acid groups (broad SMARTS) is 1. The number of piperidine rings is 1. The second kappa shape index (κ2) is 26.5. The highest BCUT2D eigenvalue weighted by atomic mass is 16.7. The minimum Gasteiger partial charge on any atom is -0.481 e. The quantitative estimate of drug-likeness (QED) is 0.0535. The molecular formula is C55H82N4O12. The lowest BCUT2D eigenvalue weighted by atomic mass is 9.75. The molecule has 71 heavy (non-hydrogen) atoms. The number of likely N-dealkylation sites (tertiary alicyclic amines) is 1. The van der Waals surface area contributed by atoms with Crippen molar-refractivity contribution < 1.29 is 57.6 Å². The van der Waals surface area contributed by atoms with Gasteiger partial charge in [-0.05, 0) is 124 Å². The van der Waals surface area contributed by atoms with Gasteiger partial charge in [-0.2, -0.15) is 0 Å². The van der Waals surface area contributed by atoms with Gasteiger partial charge in [-0.1, -0.05) is 80.9 Å². The second-order valence-electron chi connectivity index (χ2n) is 22.3. The molecule has 2 aromatic rings. The molecule has 3 amide bonds. The van der Waals surface area contributed by atoms with E-state index < -0.39 is 70.3 Å². The Balaban J connectivity index is 1.55. The van der Waals surface area contributed by atoms with Gasteiger partial charge in [0.25, 0.3) is 0 Å². The van der Waals surface area contributed by atoms with Crippen molar-refractivity contribution in [3.8, 4) is 0 Å².